The molecule has 0 saturated carbocycles. The molecule has 1 nitrogen and oxygen atoms in total. The Hall–Kier alpha value is -0.730. The zero-order valence-corrected chi connectivity index (χ0v) is 11.7. The van der Waals surface area contributed by atoms with Crippen molar-refractivity contribution in [3.8, 4) is 0 Å². The molecule has 0 aliphatic rings. The van der Waals surface area contributed by atoms with Gasteiger partial charge in [-0.3, -0.25) is 0 Å². The summed E-state index contributed by atoms with van der Waals surface area (Å²) in [7, 11) is 0. The number of thioether (sulfide) groups is 1. The van der Waals surface area contributed by atoms with Crippen LogP contribution in [0.15, 0.2) is 41.8 Å². The summed E-state index contributed by atoms with van der Waals surface area (Å²) in [5.41, 5.74) is 1.33. The number of hydrogen-bond acceptors (Lipinski definition) is 2. The van der Waals surface area contributed by atoms with E-state index in [1.54, 1.807) is 0 Å². The van der Waals surface area contributed by atoms with Gasteiger partial charge in [0.2, 0.25) is 0 Å². The molecular weight excluding hydrogens is 226 g/mol. The molecular formula is C15H23NS. The van der Waals surface area contributed by atoms with Crippen molar-refractivity contribution in [2.24, 2.45) is 0 Å². The summed E-state index contributed by atoms with van der Waals surface area (Å²) in [6.07, 6.45) is 4.23. The highest BCUT2D eigenvalue weighted by Crippen LogP contribution is 2.20. The standard InChI is InChI=1S/C15H23NS/c1-4-7-14(16-10-5-2)12-17-15-9-6-8-13(3)11-15/h4,6,8-9,11,14,16H,1,5,7,10,12H2,2-3H3. The van der Waals surface area contributed by atoms with E-state index in [1.807, 2.05) is 17.8 Å². The second-order valence-electron chi connectivity index (χ2n) is 4.30. The van der Waals surface area contributed by atoms with E-state index in [0.29, 0.717) is 6.04 Å². The number of hydrogen-bond donors (Lipinski definition) is 1. The molecule has 0 aliphatic carbocycles. The number of rotatable bonds is 8. The van der Waals surface area contributed by atoms with E-state index in [-0.39, 0.29) is 0 Å². The van der Waals surface area contributed by atoms with E-state index in [4.69, 9.17) is 0 Å². The van der Waals surface area contributed by atoms with Crippen LogP contribution in [0.25, 0.3) is 0 Å². The first-order chi connectivity index (χ1) is 8.26. The summed E-state index contributed by atoms with van der Waals surface area (Å²) in [4.78, 5) is 1.36. The first kappa shape index (κ1) is 14.3. The van der Waals surface area contributed by atoms with Crippen LogP contribution >= 0.6 is 11.8 Å². The molecule has 0 spiro atoms. The molecule has 1 N–H and O–H groups in total. The Morgan fingerprint density at radius 3 is 2.94 bits per heavy atom. The van der Waals surface area contributed by atoms with Crippen LogP contribution < -0.4 is 5.32 Å². The number of aryl methyl sites for hydroxylation is 1. The lowest BCUT2D eigenvalue weighted by Gasteiger charge is -2.16. The van der Waals surface area contributed by atoms with Crippen molar-refractivity contribution in [3.63, 3.8) is 0 Å². The smallest absolute Gasteiger partial charge is 0.0196 e. The fourth-order valence-corrected chi connectivity index (χ4v) is 2.75. The van der Waals surface area contributed by atoms with Gasteiger partial charge in [-0.25, -0.2) is 0 Å². The predicted molar refractivity (Wildman–Crippen MR) is 78.8 cm³/mol. The van der Waals surface area contributed by atoms with Crippen LogP contribution in [0.4, 0.5) is 0 Å². The molecule has 17 heavy (non-hydrogen) atoms. The summed E-state index contributed by atoms with van der Waals surface area (Å²) in [6.45, 7) is 9.26. The van der Waals surface area contributed by atoms with Crippen LogP contribution in [-0.2, 0) is 0 Å². The zero-order valence-electron chi connectivity index (χ0n) is 10.9. The van der Waals surface area contributed by atoms with Crippen molar-refractivity contribution in [1.82, 2.24) is 5.32 Å². The van der Waals surface area contributed by atoms with Crippen LogP contribution in [0.3, 0.4) is 0 Å². The third-order valence-electron chi connectivity index (χ3n) is 2.57. The molecule has 2 heteroatoms. The highest BCUT2D eigenvalue weighted by molar-refractivity contribution is 7.99. The SMILES string of the molecule is C=CCC(CSc1cccc(C)c1)NCCC. The predicted octanol–water partition coefficient (Wildman–Crippen LogP) is 4.03. The highest BCUT2D eigenvalue weighted by Gasteiger charge is 2.06. The lowest BCUT2D eigenvalue weighted by molar-refractivity contribution is 0.558. The molecule has 1 rings (SSSR count). The lowest BCUT2D eigenvalue weighted by atomic mass is 10.2. The summed E-state index contributed by atoms with van der Waals surface area (Å²) in [5, 5.41) is 3.56. The van der Waals surface area contributed by atoms with E-state index >= 15 is 0 Å². The molecule has 0 bridgehead atoms. The maximum atomic E-state index is 3.83. The first-order valence-electron chi connectivity index (χ1n) is 6.30. The van der Waals surface area contributed by atoms with Crippen LogP contribution in [0.1, 0.15) is 25.3 Å². The van der Waals surface area contributed by atoms with Crippen LogP contribution in [0, 0.1) is 6.92 Å². The molecule has 1 aromatic rings. The average molecular weight is 249 g/mol. The van der Waals surface area contributed by atoms with Gasteiger partial charge in [-0.1, -0.05) is 30.7 Å². The molecule has 1 atom stereocenters. The molecule has 1 aromatic carbocycles. The van der Waals surface area contributed by atoms with Crippen LogP contribution in [-0.4, -0.2) is 18.3 Å². The molecule has 0 amide bonds. The fraction of sp³-hybridized carbons (Fsp3) is 0.467. The van der Waals surface area contributed by atoms with E-state index < -0.39 is 0 Å². The van der Waals surface area contributed by atoms with E-state index in [2.05, 4.69) is 50.0 Å². The number of nitrogens with one attached hydrogen (secondary N) is 1. The third kappa shape index (κ3) is 5.94. The molecule has 0 aromatic heterocycles. The largest absolute Gasteiger partial charge is 0.313 e. The number of benzene rings is 1. The van der Waals surface area contributed by atoms with Crippen molar-refractivity contribution >= 4 is 11.8 Å². The maximum absolute atomic E-state index is 3.83. The lowest BCUT2D eigenvalue weighted by Crippen LogP contribution is -2.31. The van der Waals surface area contributed by atoms with Crippen molar-refractivity contribution in [2.45, 2.75) is 37.6 Å². The van der Waals surface area contributed by atoms with E-state index in [0.717, 1.165) is 18.7 Å². The summed E-state index contributed by atoms with van der Waals surface area (Å²) in [6, 6.07) is 9.23. The summed E-state index contributed by atoms with van der Waals surface area (Å²) >= 11 is 1.92. The van der Waals surface area contributed by atoms with E-state index in [1.165, 1.54) is 16.9 Å². The molecule has 94 valence electrons. The molecule has 0 heterocycles. The van der Waals surface area contributed by atoms with Gasteiger partial charge >= 0.3 is 0 Å². The van der Waals surface area contributed by atoms with Gasteiger partial charge in [-0.15, -0.1) is 18.3 Å². The monoisotopic (exact) mass is 249 g/mol. The van der Waals surface area contributed by atoms with Crippen LogP contribution in [0.2, 0.25) is 0 Å². The Morgan fingerprint density at radius 2 is 2.29 bits per heavy atom. The van der Waals surface area contributed by atoms with Gasteiger partial charge in [0.15, 0.2) is 0 Å². The van der Waals surface area contributed by atoms with Gasteiger partial charge in [-0.05, 0) is 38.4 Å². The van der Waals surface area contributed by atoms with Gasteiger partial charge in [0.1, 0.15) is 0 Å². The Morgan fingerprint density at radius 1 is 1.47 bits per heavy atom. The first-order valence-corrected chi connectivity index (χ1v) is 7.28. The highest BCUT2D eigenvalue weighted by atomic mass is 32.2. The molecule has 0 radical (unpaired) electrons. The Balaban J connectivity index is 2.42. The average Bonchev–Trinajstić information content (AvgIpc) is 2.33. The van der Waals surface area contributed by atoms with Crippen molar-refractivity contribution in [1.29, 1.82) is 0 Å². The second kappa shape index (κ2) is 8.37. The molecule has 1 unspecified atom stereocenters. The van der Waals surface area contributed by atoms with Crippen molar-refractivity contribution in [2.75, 3.05) is 12.3 Å². The van der Waals surface area contributed by atoms with Gasteiger partial charge in [0, 0.05) is 16.7 Å². The summed E-state index contributed by atoms with van der Waals surface area (Å²) in [5.74, 6) is 1.11. The van der Waals surface area contributed by atoms with Gasteiger partial charge < -0.3 is 5.32 Å². The van der Waals surface area contributed by atoms with Gasteiger partial charge in [0.25, 0.3) is 0 Å². The normalized spacial score (nSPS) is 12.4. The van der Waals surface area contributed by atoms with Crippen molar-refractivity contribution in [3.05, 3.63) is 42.5 Å². The van der Waals surface area contributed by atoms with Gasteiger partial charge in [-0.2, -0.15) is 0 Å². The molecule has 0 saturated heterocycles. The minimum Gasteiger partial charge on any atom is -0.313 e. The quantitative estimate of drug-likeness (QED) is 0.551. The Bertz CT molecular complexity index is 335. The van der Waals surface area contributed by atoms with Crippen LogP contribution in [0.5, 0.6) is 0 Å². The maximum Gasteiger partial charge on any atom is 0.0196 e. The Kier molecular flexibility index (Phi) is 7.06. The zero-order chi connectivity index (χ0) is 12.5. The Labute approximate surface area is 110 Å². The minimum atomic E-state index is 0.540. The van der Waals surface area contributed by atoms with E-state index in [9.17, 15) is 0 Å². The van der Waals surface area contributed by atoms with Crippen molar-refractivity contribution < 1.29 is 0 Å². The molecule has 0 aliphatic heterocycles. The fourth-order valence-electron chi connectivity index (χ4n) is 1.66. The summed E-state index contributed by atoms with van der Waals surface area (Å²) < 4.78 is 0. The second-order valence-corrected chi connectivity index (χ2v) is 5.40. The minimum absolute atomic E-state index is 0.540. The third-order valence-corrected chi connectivity index (χ3v) is 3.73. The van der Waals surface area contributed by atoms with Gasteiger partial charge in [0.05, 0.1) is 0 Å². The topological polar surface area (TPSA) is 12.0 Å². The molecule has 0 fully saturated rings.